The molecule has 1 aliphatic heterocycles. The van der Waals surface area contributed by atoms with Crippen molar-refractivity contribution in [3.8, 4) is 11.5 Å². The lowest BCUT2D eigenvalue weighted by molar-refractivity contribution is -0.135. The van der Waals surface area contributed by atoms with Gasteiger partial charge in [0.15, 0.2) is 0 Å². The Morgan fingerprint density at radius 2 is 1.57 bits per heavy atom. The first kappa shape index (κ1) is 31.4. The molecule has 1 heterocycles. The van der Waals surface area contributed by atoms with Gasteiger partial charge in [0.25, 0.3) is 5.91 Å². The highest BCUT2D eigenvalue weighted by Crippen LogP contribution is 2.31. The summed E-state index contributed by atoms with van der Waals surface area (Å²) in [5, 5.41) is 0. The zero-order chi connectivity index (χ0) is 29.4. The molecule has 0 aliphatic carbocycles. The molecule has 0 spiro atoms. The lowest BCUT2D eigenvalue weighted by atomic mass is 10.00. The van der Waals surface area contributed by atoms with Gasteiger partial charge < -0.3 is 19.3 Å². The largest absolute Gasteiger partial charge is 0.496 e. The van der Waals surface area contributed by atoms with Gasteiger partial charge in [-0.05, 0) is 50.3 Å². The molecule has 1 fully saturated rings. The molecule has 220 valence electrons. The van der Waals surface area contributed by atoms with Crippen molar-refractivity contribution in [3.63, 3.8) is 0 Å². The number of benzene rings is 2. The van der Waals surface area contributed by atoms with E-state index in [-0.39, 0.29) is 42.6 Å². The van der Waals surface area contributed by atoms with Crippen LogP contribution < -0.4 is 9.47 Å². The van der Waals surface area contributed by atoms with Gasteiger partial charge >= 0.3 is 0 Å². The van der Waals surface area contributed by atoms with Gasteiger partial charge in [0.1, 0.15) is 17.1 Å². The Morgan fingerprint density at radius 1 is 1.00 bits per heavy atom. The fraction of sp³-hybridized carbons (Fsp3) is 0.533. The fourth-order valence-electron chi connectivity index (χ4n) is 5.02. The van der Waals surface area contributed by atoms with E-state index in [1.807, 2.05) is 45.0 Å². The third-order valence-corrected chi connectivity index (χ3v) is 9.06. The lowest BCUT2D eigenvalue weighted by Gasteiger charge is -2.39. The molecule has 0 saturated carbocycles. The topological polar surface area (TPSA) is 96.5 Å². The molecule has 2 aromatic carbocycles. The van der Waals surface area contributed by atoms with Crippen molar-refractivity contribution in [1.82, 2.24) is 14.1 Å². The summed E-state index contributed by atoms with van der Waals surface area (Å²) in [5.41, 5.74) is 2.48. The van der Waals surface area contributed by atoms with Crippen molar-refractivity contribution in [1.29, 1.82) is 0 Å². The van der Waals surface area contributed by atoms with Crippen LogP contribution in [0.5, 0.6) is 11.5 Å². The summed E-state index contributed by atoms with van der Waals surface area (Å²) in [7, 11) is -0.505. The summed E-state index contributed by atoms with van der Waals surface area (Å²) in [6, 6.07) is 13.1. The van der Waals surface area contributed by atoms with Gasteiger partial charge in [-0.15, -0.1) is 0 Å². The van der Waals surface area contributed by atoms with Gasteiger partial charge in [-0.25, -0.2) is 8.42 Å². The molecule has 1 aliphatic rings. The molecule has 0 atom stereocenters. The molecule has 9 nitrogen and oxygen atoms in total. The number of hydrogen-bond acceptors (Lipinski definition) is 6. The van der Waals surface area contributed by atoms with Crippen molar-refractivity contribution in [2.24, 2.45) is 5.92 Å². The molecule has 0 bridgehead atoms. The summed E-state index contributed by atoms with van der Waals surface area (Å²) >= 11 is 0. The van der Waals surface area contributed by atoms with Crippen LogP contribution in [0.3, 0.4) is 0 Å². The first-order valence-electron chi connectivity index (χ1n) is 13.8. The van der Waals surface area contributed by atoms with Crippen molar-refractivity contribution < 1.29 is 27.5 Å². The van der Waals surface area contributed by atoms with Crippen molar-refractivity contribution >= 4 is 21.8 Å². The minimum absolute atomic E-state index is 0.0577. The summed E-state index contributed by atoms with van der Waals surface area (Å²) in [4.78, 5) is 30.8. The van der Waals surface area contributed by atoms with Crippen LogP contribution in [0.25, 0.3) is 0 Å². The van der Waals surface area contributed by atoms with Crippen LogP contribution in [-0.4, -0.2) is 86.5 Å². The minimum Gasteiger partial charge on any atom is -0.496 e. The van der Waals surface area contributed by atoms with E-state index in [9.17, 15) is 18.0 Å². The van der Waals surface area contributed by atoms with Crippen LogP contribution in [0.15, 0.2) is 42.5 Å². The van der Waals surface area contributed by atoms with E-state index in [0.717, 1.165) is 11.1 Å². The van der Waals surface area contributed by atoms with E-state index in [1.54, 1.807) is 34.9 Å². The lowest BCUT2D eigenvalue weighted by Crippen LogP contribution is -2.51. The number of likely N-dealkylation sites (tertiary alicyclic amines) is 1. The number of hydrogen-bond donors (Lipinski definition) is 0. The Bertz CT molecular complexity index is 1230. The van der Waals surface area contributed by atoms with Crippen molar-refractivity contribution in [2.75, 3.05) is 46.2 Å². The Kier molecular flexibility index (Phi) is 11.0. The van der Waals surface area contributed by atoms with Gasteiger partial charge in [-0.1, -0.05) is 49.7 Å². The second-order valence-electron chi connectivity index (χ2n) is 10.7. The molecule has 3 rings (SSSR count). The average Bonchev–Trinajstić information content (AvgIpc) is 2.95. The zero-order valence-corrected chi connectivity index (χ0v) is 25.4. The third kappa shape index (κ3) is 7.75. The molecule has 10 heteroatoms. The molecular weight excluding hydrogens is 530 g/mol. The number of rotatable bonds is 12. The molecule has 2 amide bonds. The normalized spacial score (nSPS) is 14.4. The first-order chi connectivity index (χ1) is 19.0. The number of aryl methyl sites for hydroxylation is 1. The van der Waals surface area contributed by atoms with Crippen molar-refractivity contribution in [2.45, 2.75) is 53.1 Å². The number of amides is 2. The third-order valence-electron chi connectivity index (χ3n) is 7.27. The van der Waals surface area contributed by atoms with E-state index >= 15 is 0 Å². The Balaban J connectivity index is 1.82. The minimum atomic E-state index is -3.55. The second kappa shape index (κ2) is 14.0. The summed E-state index contributed by atoms with van der Waals surface area (Å²) in [6.07, 6.45) is 1.15. The number of ether oxygens (including phenoxy) is 2. The number of methoxy groups -OCH3 is 2. The van der Waals surface area contributed by atoms with E-state index in [1.165, 1.54) is 18.5 Å². The predicted octanol–water partition coefficient (Wildman–Crippen LogP) is 3.95. The van der Waals surface area contributed by atoms with Crippen LogP contribution in [0.1, 0.15) is 55.1 Å². The highest BCUT2D eigenvalue weighted by atomic mass is 32.2. The number of sulfonamides is 1. The Hall–Kier alpha value is -3.11. The van der Waals surface area contributed by atoms with Gasteiger partial charge in [0, 0.05) is 32.2 Å². The fourth-order valence-corrected chi connectivity index (χ4v) is 6.22. The Morgan fingerprint density at radius 3 is 2.08 bits per heavy atom. The zero-order valence-electron chi connectivity index (χ0n) is 24.6. The monoisotopic (exact) mass is 573 g/mol. The Labute approximate surface area is 239 Å². The van der Waals surface area contributed by atoms with Crippen LogP contribution in [0, 0.1) is 12.8 Å². The van der Waals surface area contributed by atoms with Crippen molar-refractivity contribution in [3.05, 3.63) is 59.2 Å². The molecule has 0 aromatic heterocycles. The quantitative estimate of drug-likeness (QED) is 0.382. The van der Waals surface area contributed by atoms with Crippen LogP contribution >= 0.6 is 0 Å². The molecule has 2 aromatic rings. The SMILES string of the molecule is CCS(=O)(=O)N(CC(=O)N(Cc1ccc(C)cc1)C1CCN(C(=O)c2c(OC)cccc2OC)CC1)CC(C)C. The highest BCUT2D eigenvalue weighted by molar-refractivity contribution is 7.89. The molecule has 40 heavy (non-hydrogen) atoms. The first-order valence-corrected chi connectivity index (χ1v) is 15.4. The summed E-state index contributed by atoms with van der Waals surface area (Å²) < 4.78 is 37.8. The number of carbonyl (C=O) groups excluding carboxylic acids is 2. The van der Waals surface area contributed by atoms with Crippen LogP contribution in [0.4, 0.5) is 0 Å². The predicted molar refractivity (Wildman–Crippen MR) is 156 cm³/mol. The average molecular weight is 574 g/mol. The molecule has 0 unspecified atom stereocenters. The maximum atomic E-state index is 13.8. The van der Waals surface area contributed by atoms with E-state index < -0.39 is 10.0 Å². The van der Waals surface area contributed by atoms with E-state index in [0.29, 0.717) is 49.5 Å². The van der Waals surface area contributed by atoms with Gasteiger partial charge in [0.2, 0.25) is 15.9 Å². The van der Waals surface area contributed by atoms with E-state index in [4.69, 9.17) is 9.47 Å². The number of carbonyl (C=O) groups is 2. The van der Waals surface area contributed by atoms with Gasteiger partial charge in [0.05, 0.1) is 26.5 Å². The highest BCUT2D eigenvalue weighted by Gasteiger charge is 2.34. The second-order valence-corrected chi connectivity index (χ2v) is 12.9. The van der Waals surface area contributed by atoms with Crippen LogP contribution in [-0.2, 0) is 21.4 Å². The maximum absolute atomic E-state index is 13.8. The molecular formula is C30H43N3O6S. The summed E-state index contributed by atoms with van der Waals surface area (Å²) in [5.74, 6) is 0.518. The summed E-state index contributed by atoms with van der Waals surface area (Å²) in [6.45, 7) is 8.85. The van der Waals surface area contributed by atoms with Gasteiger partial charge in [-0.2, -0.15) is 4.31 Å². The van der Waals surface area contributed by atoms with Gasteiger partial charge in [-0.3, -0.25) is 9.59 Å². The molecule has 1 saturated heterocycles. The molecule has 0 N–H and O–H groups in total. The smallest absolute Gasteiger partial charge is 0.261 e. The standard InChI is InChI=1S/C30H43N3O6S/c1-7-40(36,37)32(19-22(2)3)21-28(34)33(20-24-13-11-23(4)12-14-24)25-15-17-31(18-16-25)30(35)29-26(38-5)9-8-10-27(29)39-6/h8-14,22,25H,7,15-21H2,1-6H3. The van der Waals surface area contributed by atoms with Crippen LogP contribution in [0.2, 0.25) is 0 Å². The van der Waals surface area contributed by atoms with E-state index in [2.05, 4.69) is 0 Å². The number of nitrogens with zero attached hydrogens (tertiary/aromatic N) is 3. The maximum Gasteiger partial charge on any atom is 0.261 e. The number of piperidine rings is 1. The molecule has 0 radical (unpaired) electrons.